The van der Waals surface area contributed by atoms with E-state index in [4.69, 9.17) is 0 Å². The molecule has 88 valence electrons. The minimum Gasteiger partial charge on any atom is -0.508 e. The predicted molar refractivity (Wildman–Crippen MR) is 63.1 cm³/mol. The van der Waals surface area contributed by atoms with Crippen LogP contribution in [0.2, 0.25) is 0 Å². The molecule has 0 fully saturated rings. The number of hydrogen-bond donors (Lipinski definition) is 2. The second-order valence-corrected chi connectivity index (χ2v) is 4.02. The Bertz CT molecular complexity index is 383. The van der Waals surface area contributed by atoms with Gasteiger partial charge in [0.25, 0.3) is 0 Å². The molecule has 0 unspecified atom stereocenters. The number of aldehydes is 1. The first-order chi connectivity index (χ1) is 7.61. The molecule has 0 aliphatic rings. The van der Waals surface area contributed by atoms with Crippen molar-refractivity contribution in [1.29, 1.82) is 0 Å². The fraction of sp³-hybridized carbons (Fsp3) is 0.462. The molecule has 0 radical (unpaired) electrons. The standard InChI is InChI=1S/C13H18O3/c1-3-4-5-6-10-7-12(15)9(2)13(16)11(10)8-14/h7-8,15-16H,3-6H2,1-2H3. The van der Waals surface area contributed by atoms with Crippen LogP contribution in [-0.4, -0.2) is 16.5 Å². The summed E-state index contributed by atoms with van der Waals surface area (Å²) in [6.45, 7) is 3.69. The molecule has 0 aliphatic carbocycles. The van der Waals surface area contributed by atoms with Gasteiger partial charge in [-0.3, -0.25) is 4.79 Å². The molecule has 3 heteroatoms. The number of carbonyl (C=O) groups excluding carboxylic acids is 1. The number of hydrogen-bond acceptors (Lipinski definition) is 3. The molecule has 0 atom stereocenters. The SMILES string of the molecule is CCCCCc1cc(O)c(C)c(O)c1C=O. The monoisotopic (exact) mass is 222 g/mol. The molecule has 0 amide bonds. The molecule has 0 saturated carbocycles. The molecular formula is C13H18O3. The van der Waals surface area contributed by atoms with Gasteiger partial charge in [-0.05, 0) is 31.4 Å². The molecule has 0 heterocycles. The summed E-state index contributed by atoms with van der Waals surface area (Å²) in [6.07, 6.45) is 4.50. The van der Waals surface area contributed by atoms with E-state index in [2.05, 4.69) is 6.92 Å². The number of aryl methyl sites for hydroxylation is 1. The Kier molecular flexibility index (Phi) is 4.35. The van der Waals surface area contributed by atoms with Crippen LogP contribution < -0.4 is 0 Å². The summed E-state index contributed by atoms with van der Waals surface area (Å²) < 4.78 is 0. The number of carbonyl (C=O) groups is 1. The fourth-order valence-electron chi connectivity index (χ4n) is 1.73. The van der Waals surface area contributed by atoms with Gasteiger partial charge >= 0.3 is 0 Å². The minimum absolute atomic E-state index is 0.0506. The highest BCUT2D eigenvalue weighted by molar-refractivity contribution is 5.83. The zero-order valence-electron chi connectivity index (χ0n) is 9.79. The second kappa shape index (κ2) is 5.54. The number of unbranched alkanes of at least 4 members (excludes halogenated alkanes) is 2. The first-order valence-corrected chi connectivity index (χ1v) is 5.61. The van der Waals surface area contributed by atoms with Gasteiger partial charge in [-0.2, -0.15) is 0 Å². The van der Waals surface area contributed by atoms with Crippen LogP contribution in [0.25, 0.3) is 0 Å². The van der Waals surface area contributed by atoms with Crippen molar-refractivity contribution in [3.05, 3.63) is 22.8 Å². The molecule has 1 aromatic rings. The van der Waals surface area contributed by atoms with Crippen LogP contribution in [-0.2, 0) is 6.42 Å². The number of aromatic hydroxyl groups is 2. The van der Waals surface area contributed by atoms with Crippen LogP contribution in [0, 0.1) is 6.92 Å². The van der Waals surface area contributed by atoms with E-state index in [0.717, 1.165) is 24.8 Å². The highest BCUT2D eigenvalue weighted by Gasteiger charge is 2.13. The largest absolute Gasteiger partial charge is 0.508 e. The van der Waals surface area contributed by atoms with Crippen molar-refractivity contribution in [2.24, 2.45) is 0 Å². The third-order valence-corrected chi connectivity index (χ3v) is 2.82. The number of phenolic OH excluding ortho intramolecular Hbond substituents is 2. The van der Waals surface area contributed by atoms with Gasteiger partial charge in [0.15, 0.2) is 6.29 Å². The van der Waals surface area contributed by atoms with Gasteiger partial charge in [0.2, 0.25) is 0 Å². The first kappa shape index (κ1) is 12.6. The maximum Gasteiger partial charge on any atom is 0.154 e. The average molecular weight is 222 g/mol. The van der Waals surface area contributed by atoms with Crippen LogP contribution in [0.5, 0.6) is 11.5 Å². The van der Waals surface area contributed by atoms with Crippen molar-refractivity contribution in [3.8, 4) is 11.5 Å². The normalized spacial score (nSPS) is 10.4. The van der Waals surface area contributed by atoms with E-state index in [1.54, 1.807) is 13.0 Å². The highest BCUT2D eigenvalue weighted by atomic mass is 16.3. The summed E-state index contributed by atoms with van der Waals surface area (Å²) >= 11 is 0. The van der Waals surface area contributed by atoms with E-state index >= 15 is 0 Å². The van der Waals surface area contributed by atoms with Crippen LogP contribution in [0.3, 0.4) is 0 Å². The Hall–Kier alpha value is -1.51. The van der Waals surface area contributed by atoms with E-state index in [9.17, 15) is 15.0 Å². The van der Waals surface area contributed by atoms with E-state index < -0.39 is 0 Å². The second-order valence-electron chi connectivity index (χ2n) is 4.02. The van der Waals surface area contributed by atoms with Gasteiger partial charge in [-0.25, -0.2) is 0 Å². The first-order valence-electron chi connectivity index (χ1n) is 5.61. The van der Waals surface area contributed by atoms with Crippen molar-refractivity contribution in [2.75, 3.05) is 0 Å². The number of rotatable bonds is 5. The lowest BCUT2D eigenvalue weighted by Crippen LogP contribution is -1.96. The van der Waals surface area contributed by atoms with Crippen molar-refractivity contribution in [2.45, 2.75) is 39.5 Å². The summed E-state index contributed by atoms with van der Waals surface area (Å²) in [6, 6.07) is 1.58. The molecule has 0 aromatic heterocycles. The lowest BCUT2D eigenvalue weighted by atomic mass is 9.98. The van der Waals surface area contributed by atoms with Gasteiger partial charge in [-0.15, -0.1) is 0 Å². The zero-order valence-corrected chi connectivity index (χ0v) is 9.79. The van der Waals surface area contributed by atoms with Crippen LogP contribution in [0.1, 0.15) is 47.7 Å². The molecule has 16 heavy (non-hydrogen) atoms. The lowest BCUT2D eigenvalue weighted by molar-refractivity contribution is 0.112. The zero-order chi connectivity index (χ0) is 12.1. The Labute approximate surface area is 95.7 Å². The van der Waals surface area contributed by atoms with E-state index in [1.807, 2.05) is 0 Å². The van der Waals surface area contributed by atoms with Gasteiger partial charge in [-0.1, -0.05) is 19.8 Å². The Morgan fingerprint density at radius 2 is 2.00 bits per heavy atom. The Balaban J connectivity index is 3.03. The third kappa shape index (κ3) is 2.54. The van der Waals surface area contributed by atoms with E-state index in [0.29, 0.717) is 23.8 Å². The quantitative estimate of drug-likeness (QED) is 0.595. The maximum atomic E-state index is 10.9. The molecule has 0 spiro atoms. The molecule has 0 bridgehead atoms. The van der Waals surface area contributed by atoms with Crippen molar-refractivity contribution in [1.82, 2.24) is 0 Å². The summed E-state index contributed by atoms with van der Waals surface area (Å²) in [5, 5.41) is 19.3. The van der Waals surface area contributed by atoms with Crippen molar-refractivity contribution >= 4 is 6.29 Å². The van der Waals surface area contributed by atoms with Crippen molar-refractivity contribution < 1.29 is 15.0 Å². The summed E-state index contributed by atoms with van der Waals surface area (Å²) in [5.74, 6) is -0.0453. The summed E-state index contributed by atoms with van der Waals surface area (Å²) in [7, 11) is 0. The minimum atomic E-state index is -0.0958. The maximum absolute atomic E-state index is 10.9. The van der Waals surface area contributed by atoms with E-state index in [1.165, 1.54) is 0 Å². The molecule has 3 nitrogen and oxygen atoms in total. The van der Waals surface area contributed by atoms with Gasteiger partial charge in [0.1, 0.15) is 11.5 Å². The van der Waals surface area contributed by atoms with Crippen molar-refractivity contribution in [3.63, 3.8) is 0 Å². The van der Waals surface area contributed by atoms with Crippen LogP contribution >= 0.6 is 0 Å². The highest BCUT2D eigenvalue weighted by Crippen LogP contribution is 2.32. The van der Waals surface area contributed by atoms with Gasteiger partial charge in [0, 0.05) is 5.56 Å². The summed E-state index contributed by atoms with van der Waals surface area (Å²) in [5.41, 5.74) is 1.40. The lowest BCUT2D eigenvalue weighted by Gasteiger charge is -2.10. The Morgan fingerprint density at radius 3 is 2.56 bits per heavy atom. The van der Waals surface area contributed by atoms with Gasteiger partial charge < -0.3 is 10.2 Å². The molecule has 1 aromatic carbocycles. The number of phenols is 2. The topological polar surface area (TPSA) is 57.5 Å². The Morgan fingerprint density at radius 1 is 1.31 bits per heavy atom. The van der Waals surface area contributed by atoms with Crippen LogP contribution in [0.4, 0.5) is 0 Å². The molecular weight excluding hydrogens is 204 g/mol. The fourth-order valence-corrected chi connectivity index (χ4v) is 1.73. The summed E-state index contributed by atoms with van der Waals surface area (Å²) in [4.78, 5) is 10.9. The van der Waals surface area contributed by atoms with Crippen LogP contribution in [0.15, 0.2) is 6.07 Å². The third-order valence-electron chi connectivity index (χ3n) is 2.82. The molecule has 1 rings (SSSR count). The van der Waals surface area contributed by atoms with E-state index in [-0.39, 0.29) is 11.5 Å². The molecule has 0 aliphatic heterocycles. The molecule has 2 N–H and O–H groups in total. The predicted octanol–water partition coefficient (Wildman–Crippen LogP) is 2.95. The smallest absolute Gasteiger partial charge is 0.154 e. The van der Waals surface area contributed by atoms with Gasteiger partial charge in [0.05, 0.1) is 5.56 Å². The average Bonchev–Trinajstić information content (AvgIpc) is 2.27. The molecule has 0 saturated heterocycles. The number of benzene rings is 1.